The van der Waals surface area contributed by atoms with Crippen LogP contribution in [0.2, 0.25) is 0 Å². The van der Waals surface area contributed by atoms with Crippen LogP contribution >= 0.6 is 0 Å². The second kappa shape index (κ2) is 4.71. The molecule has 1 heterocycles. The highest BCUT2D eigenvalue weighted by molar-refractivity contribution is 5.94. The zero-order valence-electron chi connectivity index (χ0n) is 10.4. The molecular weight excluding hydrogens is 276 g/mol. The van der Waals surface area contributed by atoms with Crippen molar-refractivity contribution in [1.29, 1.82) is 0 Å². The maximum absolute atomic E-state index is 13.4. The monoisotopic (exact) mass is 286 g/mol. The zero-order valence-corrected chi connectivity index (χ0v) is 10.4. The molecule has 2 N–H and O–H groups in total. The molecule has 0 spiro atoms. The van der Waals surface area contributed by atoms with Crippen LogP contribution in [-0.4, -0.2) is 12.2 Å². The standard InChI is InChI=1S/C13H10F4N2O/c1-2-3-6-12(13(15,16)17)9-7-8(14)4-5-10(9)18-11(20)19-12/h4-5,7H,2H2,1H3,(H2,18,19,20)/t12-/m0/s1. The van der Waals surface area contributed by atoms with Crippen molar-refractivity contribution in [1.82, 2.24) is 5.32 Å². The number of nitrogens with one attached hydrogen (secondary N) is 2. The number of benzene rings is 1. The van der Waals surface area contributed by atoms with Crippen LogP contribution in [0.4, 0.5) is 28.0 Å². The second-order valence-corrected chi connectivity index (χ2v) is 4.17. The molecule has 1 aromatic carbocycles. The number of hydrogen-bond acceptors (Lipinski definition) is 1. The molecule has 0 saturated heterocycles. The van der Waals surface area contributed by atoms with Crippen molar-refractivity contribution in [3.63, 3.8) is 0 Å². The normalized spacial score (nSPS) is 21.1. The number of carbonyl (C=O) groups is 1. The van der Waals surface area contributed by atoms with Crippen LogP contribution in [0.3, 0.4) is 0 Å². The van der Waals surface area contributed by atoms with E-state index < -0.39 is 29.1 Å². The van der Waals surface area contributed by atoms with Gasteiger partial charge < -0.3 is 10.6 Å². The molecule has 0 saturated carbocycles. The van der Waals surface area contributed by atoms with Gasteiger partial charge in [0.15, 0.2) is 0 Å². The summed E-state index contributed by atoms with van der Waals surface area (Å²) in [4.78, 5) is 11.5. The summed E-state index contributed by atoms with van der Waals surface area (Å²) in [7, 11) is 0. The van der Waals surface area contributed by atoms with E-state index in [0.29, 0.717) is 0 Å². The minimum Gasteiger partial charge on any atom is -0.310 e. The maximum atomic E-state index is 13.4. The number of halogens is 4. The van der Waals surface area contributed by atoms with E-state index in [4.69, 9.17) is 0 Å². The summed E-state index contributed by atoms with van der Waals surface area (Å²) < 4.78 is 53.6. The van der Waals surface area contributed by atoms with Crippen molar-refractivity contribution in [3.8, 4) is 11.8 Å². The number of fused-ring (bicyclic) bond motifs is 1. The number of amides is 2. The third-order valence-electron chi connectivity index (χ3n) is 2.81. The molecule has 1 aliphatic rings. The number of alkyl halides is 3. The van der Waals surface area contributed by atoms with Gasteiger partial charge in [0.05, 0.1) is 0 Å². The lowest BCUT2D eigenvalue weighted by Gasteiger charge is -2.37. The predicted molar refractivity (Wildman–Crippen MR) is 64.4 cm³/mol. The van der Waals surface area contributed by atoms with Crippen molar-refractivity contribution in [3.05, 3.63) is 29.6 Å². The summed E-state index contributed by atoms with van der Waals surface area (Å²) in [5, 5.41) is 3.98. The average Bonchev–Trinajstić information content (AvgIpc) is 2.35. The van der Waals surface area contributed by atoms with Crippen LogP contribution in [0.5, 0.6) is 0 Å². The van der Waals surface area contributed by atoms with Crippen molar-refractivity contribution < 1.29 is 22.4 Å². The van der Waals surface area contributed by atoms with Crippen molar-refractivity contribution in [2.45, 2.75) is 25.1 Å². The molecule has 0 fully saturated rings. The first-order valence-electron chi connectivity index (χ1n) is 5.76. The molecule has 0 aliphatic carbocycles. The lowest BCUT2D eigenvalue weighted by atomic mass is 9.86. The number of carbonyl (C=O) groups excluding carboxylic acids is 1. The molecule has 0 aromatic heterocycles. The number of urea groups is 1. The molecule has 7 heteroatoms. The van der Waals surface area contributed by atoms with Crippen molar-refractivity contribution in [2.75, 3.05) is 5.32 Å². The number of hydrogen-bond donors (Lipinski definition) is 2. The van der Waals surface area contributed by atoms with Gasteiger partial charge in [-0.2, -0.15) is 13.2 Å². The van der Waals surface area contributed by atoms with E-state index in [0.717, 1.165) is 18.2 Å². The molecule has 2 rings (SSSR count). The lowest BCUT2D eigenvalue weighted by molar-refractivity contribution is -0.178. The molecule has 20 heavy (non-hydrogen) atoms. The van der Waals surface area contributed by atoms with E-state index in [1.807, 2.05) is 5.92 Å². The lowest BCUT2D eigenvalue weighted by Crippen LogP contribution is -2.59. The minimum atomic E-state index is -4.88. The highest BCUT2D eigenvalue weighted by Gasteiger charge is 2.59. The van der Waals surface area contributed by atoms with Crippen molar-refractivity contribution >= 4 is 11.7 Å². The first kappa shape index (κ1) is 14.2. The Balaban J connectivity index is 2.75. The van der Waals surface area contributed by atoms with E-state index >= 15 is 0 Å². The van der Waals surface area contributed by atoms with Crippen LogP contribution < -0.4 is 10.6 Å². The third-order valence-corrected chi connectivity index (χ3v) is 2.81. The Morgan fingerprint density at radius 1 is 1.35 bits per heavy atom. The van der Waals surface area contributed by atoms with Gasteiger partial charge in [-0.05, 0) is 18.2 Å². The van der Waals surface area contributed by atoms with E-state index in [-0.39, 0.29) is 12.1 Å². The van der Waals surface area contributed by atoms with E-state index in [1.54, 1.807) is 12.2 Å². The second-order valence-electron chi connectivity index (χ2n) is 4.17. The Bertz CT molecular complexity index is 615. The van der Waals surface area contributed by atoms with Gasteiger partial charge in [-0.25, -0.2) is 9.18 Å². The molecule has 0 radical (unpaired) electrons. The van der Waals surface area contributed by atoms with E-state index in [2.05, 4.69) is 11.2 Å². The Hall–Kier alpha value is -2.23. The van der Waals surface area contributed by atoms with Crippen LogP contribution in [0, 0.1) is 17.7 Å². The summed E-state index contributed by atoms with van der Waals surface area (Å²) in [6.45, 7) is 1.58. The molecule has 106 valence electrons. The smallest absolute Gasteiger partial charge is 0.310 e. The van der Waals surface area contributed by atoms with Crippen LogP contribution in [0.1, 0.15) is 18.9 Å². The Morgan fingerprint density at radius 2 is 2.05 bits per heavy atom. The van der Waals surface area contributed by atoms with Gasteiger partial charge in [-0.15, -0.1) is 5.92 Å². The Kier molecular flexibility index (Phi) is 3.34. The number of anilines is 1. The summed E-state index contributed by atoms with van der Waals surface area (Å²) >= 11 is 0. The average molecular weight is 286 g/mol. The van der Waals surface area contributed by atoms with Gasteiger partial charge in [-0.1, -0.05) is 12.8 Å². The molecule has 3 nitrogen and oxygen atoms in total. The van der Waals surface area contributed by atoms with Gasteiger partial charge in [0, 0.05) is 17.7 Å². The SMILES string of the molecule is CCC#C[C@]1(C(F)(F)F)NC(=O)Nc2ccc(F)cc21. The fourth-order valence-electron chi connectivity index (χ4n) is 1.94. The largest absolute Gasteiger partial charge is 0.427 e. The van der Waals surface area contributed by atoms with Gasteiger partial charge in [0.1, 0.15) is 5.82 Å². The number of rotatable bonds is 0. The van der Waals surface area contributed by atoms with E-state index in [1.165, 1.54) is 0 Å². The van der Waals surface area contributed by atoms with Gasteiger partial charge in [-0.3, -0.25) is 0 Å². The van der Waals surface area contributed by atoms with Crippen LogP contribution in [0.25, 0.3) is 0 Å². The van der Waals surface area contributed by atoms with E-state index in [9.17, 15) is 22.4 Å². The summed E-state index contributed by atoms with van der Waals surface area (Å²) in [5.41, 5.74) is -3.47. The summed E-state index contributed by atoms with van der Waals surface area (Å²) in [5.74, 6) is 3.50. The Morgan fingerprint density at radius 3 is 2.65 bits per heavy atom. The first-order valence-corrected chi connectivity index (χ1v) is 5.76. The molecule has 1 aromatic rings. The van der Waals surface area contributed by atoms with Crippen LogP contribution in [0.15, 0.2) is 18.2 Å². The molecule has 0 bridgehead atoms. The minimum absolute atomic E-state index is 0.113. The molecule has 2 amide bonds. The fourth-order valence-corrected chi connectivity index (χ4v) is 1.94. The summed E-state index contributed by atoms with van der Waals surface area (Å²) in [6.07, 6.45) is -4.71. The predicted octanol–water partition coefficient (Wildman–Crippen LogP) is 3.13. The fraction of sp³-hybridized carbons (Fsp3) is 0.308. The van der Waals surface area contributed by atoms with Crippen LogP contribution in [-0.2, 0) is 5.54 Å². The molecular formula is C13H10F4N2O. The zero-order chi connectivity index (χ0) is 15.0. The molecule has 0 unspecified atom stereocenters. The quantitative estimate of drug-likeness (QED) is 0.558. The van der Waals surface area contributed by atoms with Gasteiger partial charge in [0.25, 0.3) is 0 Å². The topological polar surface area (TPSA) is 41.1 Å². The van der Waals surface area contributed by atoms with Gasteiger partial charge in [0.2, 0.25) is 5.54 Å². The molecule has 1 atom stereocenters. The maximum Gasteiger partial charge on any atom is 0.427 e. The highest BCUT2D eigenvalue weighted by Crippen LogP contribution is 2.43. The Labute approximate surface area is 112 Å². The summed E-state index contributed by atoms with van der Waals surface area (Å²) in [6, 6.07) is 1.74. The van der Waals surface area contributed by atoms with Gasteiger partial charge >= 0.3 is 12.2 Å². The highest BCUT2D eigenvalue weighted by atomic mass is 19.4. The van der Waals surface area contributed by atoms with Crippen molar-refractivity contribution in [2.24, 2.45) is 0 Å². The first-order chi connectivity index (χ1) is 9.30. The molecule has 1 aliphatic heterocycles. The third kappa shape index (κ3) is 2.18.